The summed E-state index contributed by atoms with van der Waals surface area (Å²) in [5.74, 6) is 0. The Balaban J connectivity index is 1.94. The SMILES string of the molecule is CCN(CC)c1ccc(NC2CCCCCC2)cc1. The first-order valence-corrected chi connectivity index (χ1v) is 7.95. The van der Waals surface area contributed by atoms with Crippen molar-refractivity contribution in [3.8, 4) is 0 Å². The highest BCUT2D eigenvalue weighted by atomic mass is 15.1. The molecule has 0 heterocycles. The first kappa shape index (κ1) is 14.2. The number of hydrogen-bond acceptors (Lipinski definition) is 2. The molecular formula is C17H28N2. The maximum absolute atomic E-state index is 3.70. The van der Waals surface area contributed by atoms with E-state index in [-0.39, 0.29) is 0 Å². The van der Waals surface area contributed by atoms with Crippen molar-refractivity contribution in [2.45, 2.75) is 58.4 Å². The predicted octanol–water partition coefficient (Wildman–Crippen LogP) is 4.67. The van der Waals surface area contributed by atoms with Crippen LogP contribution in [0.3, 0.4) is 0 Å². The Kier molecular flexibility index (Phi) is 5.56. The molecule has 0 bridgehead atoms. The molecule has 0 radical (unpaired) electrons. The van der Waals surface area contributed by atoms with Crippen LogP contribution in [0.1, 0.15) is 52.4 Å². The van der Waals surface area contributed by atoms with E-state index in [1.165, 1.54) is 49.9 Å². The molecule has 1 aliphatic rings. The molecule has 0 spiro atoms. The second-order valence-electron chi connectivity index (χ2n) is 5.55. The largest absolute Gasteiger partial charge is 0.382 e. The lowest BCUT2D eigenvalue weighted by Gasteiger charge is -2.22. The topological polar surface area (TPSA) is 15.3 Å². The molecule has 0 saturated heterocycles. The highest BCUT2D eigenvalue weighted by Gasteiger charge is 2.11. The number of rotatable bonds is 5. The molecule has 1 N–H and O–H groups in total. The Morgan fingerprint density at radius 2 is 1.53 bits per heavy atom. The standard InChI is InChI=1S/C17H28N2/c1-3-19(4-2)17-13-11-16(12-14-17)18-15-9-7-5-6-8-10-15/h11-15,18H,3-10H2,1-2H3. The number of hydrogen-bond donors (Lipinski definition) is 1. The third-order valence-corrected chi connectivity index (χ3v) is 4.22. The van der Waals surface area contributed by atoms with Crippen molar-refractivity contribution in [3.05, 3.63) is 24.3 Å². The van der Waals surface area contributed by atoms with Crippen molar-refractivity contribution in [3.63, 3.8) is 0 Å². The van der Waals surface area contributed by atoms with E-state index in [1.807, 2.05) is 0 Å². The fourth-order valence-corrected chi connectivity index (χ4v) is 3.02. The maximum atomic E-state index is 3.70. The molecule has 0 aromatic heterocycles. The van der Waals surface area contributed by atoms with Gasteiger partial charge in [0.05, 0.1) is 0 Å². The van der Waals surface area contributed by atoms with Gasteiger partial charge in [-0.15, -0.1) is 0 Å². The minimum Gasteiger partial charge on any atom is -0.382 e. The molecule has 1 saturated carbocycles. The van der Waals surface area contributed by atoms with Gasteiger partial charge < -0.3 is 10.2 Å². The summed E-state index contributed by atoms with van der Waals surface area (Å²) in [6.45, 7) is 6.57. The highest BCUT2D eigenvalue weighted by Crippen LogP contribution is 2.23. The van der Waals surface area contributed by atoms with Crippen LogP contribution in [0.5, 0.6) is 0 Å². The first-order chi connectivity index (χ1) is 9.33. The second-order valence-corrected chi connectivity index (χ2v) is 5.55. The molecule has 0 atom stereocenters. The Labute approximate surface area is 118 Å². The smallest absolute Gasteiger partial charge is 0.0367 e. The summed E-state index contributed by atoms with van der Waals surface area (Å²) in [7, 11) is 0. The van der Waals surface area contributed by atoms with Crippen molar-refractivity contribution >= 4 is 11.4 Å². The Morgan fingerprint density at radius 1 is 0.947 bits per heavy atom. The molecule has 1 aromatic carbocycles. The minimum atomic E-state index is 0.682. The van der Waals surface area contributed by atoms with Gasteiger partial charge in [0.15, 0.2) is 0 Å². The Hall–Kier alpha value is -1.18. The fourth-order valence-electron chi connectivity index (χ4n) is 3.02. The van der Waals surface area contributed by atoms with Crippen LogP contribution in [0.2, 0.25) is 0 Å². The number of nitrogens with zero attached hydrogens (tertiary/aromatic N) is 1. The van der Waals surface area contributed by atoms with Gasteiger partial charge in [0.25, 0.3) is 0 Å². The van der Waals surface area contributed by atoms with Gasteiger partial charge in [0, 0.05) is 30.5 Å². The predicted molar refractivity (Wildman–Crippen MR) is 85.1 cm³/mol. The van der Waals surface area contributed by atoms with E-state index >= 15 is 0 Å². The van der Waals surface area contributed by atoms with Gasteiger partial charge in [-0.3, -0.25) is 0 Å². The zero-order valence-electron chi connectivity index (χ0n) is 12.5. The van der Waals surface area contributed by atoms with Crippen LogP contribution in [0, 0.1) is 0 Å². The molecule has 19 heavy (non-hydrogen) atoms. The molecule has 0 amide bonds. The van der Waals surface area contributed by atoms with E-state index in [9.17, 15) is 0 Å². The fraction of sp³-hybridized carbons (Fsp3) is 0.647. The second kappa shape index (κ2) is 7.42. The third-order valence-electron chi connectivity index (χ3n) is 4.22. The summed E-state index contributed by atoms with van der Waals surface area (Å²) in [5, 5.41) is 3.70. The molecule has 1 fully saturated rings. The maximum Gasteiger partial charge on any atom is 0.0367 e. The van der Waals surface area contributed by atoms with Gasteiger partial charge in [-0.1, -0.05) is 25.7 Å². The van der Waals surface area contributed by atoms with Gasteiger partial charge in [0.2, 0.25) is 0 Å². The normalized spacial score (nSPS) is 16.9. The molecule has 106 valence electrons. The van der Waals surface area contributed by atoms with E-state index < -0.39 is 0 Å². The van der Waals surface area contributed by atoms with Crippen molar-refractivity contribution in [1.29, 1.82) is 0 Å². The summed E-state index contributed by atoms with van der Waals surface area (Å²) in [6.07, 6.45) is 8.26. The first-order valence-electron chi connectivity index (χ1n) is 7.95. The Morgan fingerprint density at radius 3 is 2.05 bits per heavy atom. The summed E-state index contributed by atoms with van der Waals surface area (Å²) in [5.41, 5.74) is 2.61. The summed E-state index contributed by atoms with van der Waals surface area (Å²) < 4.78 is 0. The summed E-state index contributed by atoms with van der Waals surface area (Å²) >= 11 is 0. The summed E-state index contributed by atoms with van der Waals surface area (Å²) in [4.78, 5) is 2.38. The molecule has 0 unspecified atom stereocenters. The van der Waals surface area contributed by atoms with Crippen LogP contribution < -0.4 is 10.2 Å². The van der Waals surface area contributed by atoms with Crippen molar-refractivity contribution in [2.75, 3.05) is 23.3 Å². The van der Waals surface area contributed by atoms with E-state index in [2.05, 4.69) is 48.3 Å². The average Bonchev–Trinajstić information content (AvgIpc) is 2.71. The van der Waals surface area contributed by atoms with Gasteiger partial charge in [-0.2, -0.15) is 0 Å². The molecule has 1 aliphatic carbocycles. The molecule has 2 rings (SSSR count). The summed E-state index contributed by atoms with van der Waals surface area (Å²) in [6, 6.07) is 9.64. The molecule has 2 nitrogen and oxygen atoms in total. The lowest BCUT2D eigenvalue weighted by molar-refractivity contribution is 0.620. The molecule has 0 aliphatic heterocycles. The molecule has 1 aromatic rings. The van der Waals surface area contributed by atoms with Crippen molar-refractivity contribution in [2.24, 2.45) is 0 Å². The zero-order chi connectivity index (χ0) is 13.5. The van der Waals surface area contributed by atoms with Gasteiger partial charge in [-0.25, -0.2) is 0 Å². The Bertz CT molecular complexity index is 346. The molecule has 2 heteroatoms. The van der Waals surface area contributed by atoms with Crippen LogP contribution >= 0.6 is 0 Å². The van der Waals surface area contributed by atoms with Crippen LogP contribution in [-0.2, 0) is 0 Å². The van der Waals surface area contributed by atoms with E-state index in [1.54, 1.807) is 0 Å². The van der Waals surface area contributed by atoms with E-state index in [4.69, 9.17) is 0 Å². The van der Waals surface area contributed by atoms with Crippen LogP contribution in [0.4, 0.5) is 11.4 Å². The lowest BCUT2D eigenvalue weighted by Crippen LogP contribution is -2.22. The van der Waals surface area contributed by atoms with Crippen LogP contribution in [0.25, 0.3) is 0 Å². The number of nitrogens with one attached hydrogen (secondary N) is 1. The van der Waals surface area contributed by atoms with Crippen LogP contribution in [-0.4, -0.2) is 19.1 Å². The van der Waals surface area contributed by atoms with Gasteiger partial charge in [-0.05, 0) is 51.0 Å². The van der Waals surface area contributed by atoms with Crippen molar-refractivity contribution in [1.82, 2.24) is 0 Å². The lowest BCUT2D eigenvalue weighted by atomic mass is 10.1. The van der Waals surface area contributed by atoms with E-state index in [0.717, 1.165) is 13.1 Å². The zero-order valence-corrected chi connectivity index (χ0v) is 12.5. The monoisotopic (exact) mass is 260 g/mol. The van der Waals surface area contributed by atoms with Crippen LogP contribution in [0.15, 0.2) is 24.3 Å². The average molecular weight is 260 g/mol. The number of anilines is 2. The molecular weight excluding hydrogens is 232 g/mol. The minimum absolute atomic E-state index is 0.682. The van der Waals surface area contributed by atoms with Crippen molar-refractivity contribution < 1.29 is 0 Å². The quantitative estimate of drug-likeness (QED) is 0.774. The third kappa shape index (κ3) is 4.15. The van der Waals surface area contributed by atoms with E-state index in [0.29, 0.717) is 6.04 Å². The van der Waals surface area contributed by atoms with Gasteiger partial charge in [0.1, 0.15) is 0 Å². The van der Waals surface area contributed by atoms with Gasteiger partial charge >= 0.3 is 0 Å². The highest BCUT2D eigenvalue weighted by molar-refractivity contribution is 5.55. The number of benzene rings is 1.